The van der Waals surface area contributed by atoms with E-state index in [-0.39, 0.29) is 43.1 Å². The zero-order valence-electron chi connectivity index (χ0n) is 39.9. The number of benzene rings is 4. The van der Waals surface area contributed by atoms with Gasteiger partial charge in [-0.1, -0.05) is 54.6 Å². The quantitative estimate of drug-likeness (QED) is 0.0361. The highest BCUT2D eigenvalue weighted by Gasteiger charge is 2.37. The summed E-state index contributed by atoms with van der Waals surface area (Å²) >= 11 is 0. The summed E-state index contributed by atoms with van der Waals surface area (Å²) in [7, 11) is -4.18. The normalized spacial score (nSPS) is 14.7. The number of hydrogen-bond donors (Lipinski definition) is 8. The predicted molar refractivity (Wildman–Crippen MR) is 259 cm³/mol. The van der Waals surface area contributed by atoms with Crippen molar-refractivity contribution < 1.29 is 47.0 Å². The summed E-state index contributed by atoms with van der Waals surface area (Å²) in [6, 6.07) is 16.1. The lowest BCUT2D eigenvalue weighted by Crippen LogP contribution is -2.56. The van der Waals surface area contributed by atoms with Crippen LogP contribution >= 0.6 is 0 Å². The molecular formula is C49H64N8O10S. The second-order valence-electron chi connectivity index (χ2n) is 18.6. The number of nitrogens with two attached hydrogens (primary N) is 2. The molecular weight excluding hydrogens is 893 g/mol. The van der Waals surface area contributed by atoms with Gasteiger partial charge in [-0.15, -0.1) is 0 Å². The average Bonchev–Trinajstić information content (AvgIpc) is 3.60. The van der Waals surface area contributed by atoms with Crippen molar-refractivity contribution in [2.45, 2.75) is 122 Å². The fourth-order valence-electron chi connectivity index (χ4n) is 7.99. The molecule has 1 aliphatic rings. The van der Waals surface area contributed by atoms with Gasteiger partial charge >= 0.3 is 5.97 Å². The SMILES string of the molecule is Cc1c(C)c(S(=O)(=O)NC(N)=NCCC[C@H](NC(=O)CN)C(=O)N[C@@H](Cc2ccc3ccccc3c2)C(=O)NCC(=O)N[C@H](Cc2ccc(OC(C)(C)C)cc2)C(=O)O)c(C)c2c1OC(C)(C)C2. The first-order valence-electron chi connectivity index (χ1n) is 22.4. The second-order valence-corrected chi connectivity index (χ2v) is 20.2. The lowest BCUT2D eigenvalue weighted by Gasteiger charge is -2.23. The molecule has 10 N–H and O–H groups in total. The van der Waals surface area contributed by atoms with Gasteiger partial charge in [0.2, 0.25) is 29.6 Å². The molecule has 366 valence electrons. The van der Waals surface area contributed by atoms with Crippen LogP contribution in [0.1, 0.15) is 80.8 Å². The van der Waals surface area contributed by atoms with Crippen molar-refractivity contribution in [1.29, 1.82) is 0 Å². The van der Waals surface area contributed by atoms with Gasteiger partial charge in [-0.25, -0.2) is 17.9 Å². The molecule has 0 aliphatic carbocycles. The molecule has 0 bridgehead atoms. The zero-order chi connectivity index (χ0) is 50.1. The number of aliphatic carboxylic acids is 1. The Morgan fingerprint density at radius 3 is 2.10 bits per heavy atom. The number of hydrogen-bond acceptors (Lipinski definition) is 11. The van der Waals surface area contributed by atoms with Crippen LogP contribution in [0, 0.1) is 20.8 Å². The molecule has 0 spiro atoms. The van der Waals surface area contributed by atoms with Gasteiger partial charge in [0.05, 0.1) is 18.0 Å². The first-order valence-corrected chi connectivity index (χ1v) is 23.8. The lowest BCUT2D eigenvalue weighted by atomic mass is 9.94. The Labute approximate surface area is 397 Å². The maximum atomic E-state index is 14.0. The summed E-state index contributed by atoms with van der Waals surface area (Å²) in [6.45, 7) is 13.7. The smallest absolute Gasteiger partial charge is 0.326 e. The number of amides is 4. The number of ether oxygens (including phenoxy) is 2. The Hall–Kier alpha value is -6.73. The Balaban J connectivity index is 1.26. The number of aliphatic imine (C=N–C) groups is 1. The minimum atomic E-state index is -4.18. The molecule has 4 aromatic rings. The van der Waals surface area contributed by atoms with Gasteiger partial charge in [-0.05, 0) is 119 Å². The first-order chi connectivity index (χ1) is 31.9. The van der Waals surface area contributed by atoms with Crippen molar-refractivity contribution in [1.82, 2.24) is 26.0 Å². The van der Waals surface area contributed by atoms with E-state index in [0.717, 1.165) is 16.3 Å². The van der Waals surface area contributed by atoms with E-state index in [9.17, 15) is 37.5 Å². The molecule has 0 fully saturated rings. The summed E-state index contributed by atoms with van der Waals surface area (Å²) in [6.07, 6.45) is 0.578. The molecule has 1 aliphatic heterocycles. The van der Waals surface area contributed by atoms with Crippen LogP contribution in [0.25, 0.3) is 10.8 Å². The van der Waals surface area contributed by atoms with Gasteiger partial charge in [0.25, 0.3) is 10.0 Å². The van der Waals surface area contributed by atoms with Gasteiger partial charge < -0.3 is 47.3 Å². The van der Waals surface area contributed by atoms with Crippen molar-refractivity contribution in [2.24, 2.45) is 16.5 Å². The summed E-state index contributed by atoms with van der Waals surface area (Å²) in [4.78, 5) is 69.9. The number of carbonyl (C=O) groups is 5. The number of carboxylic acid groups (broad SMARTS) is 1. The molecule has 68 heavy (non-hydrogen) atoms. The number of sulfonamides is 1. The van der Waals surface area contributed by atoms with E-state index in [0.29, 0.717) is 45.7 Å². The number of nitrogens with zero attached hydrogens (tertiary/aromatic N) is 1. The number of guanidine groups is 1. The highest BCUT2D eigenvalue weighted by atomic mass is 32.2. The average molecular weight is 957 g/mol. The highest BCUT2D eigenvalue weighted by molar-refractivity contribution is 7.90. The summed E-state index contributed by atoms with van der Waals surface area (Å²) in [5, 5.41) is 22.0. The van der Waals surface area contributed by atoms with Crippen LogP contribution in [0.4, 0.5) is 0 Å². The van der Waals surface area contributed by atoms with Crippen LogP contribution in [-0.2, 0) is 53.3 Å². The van der Waals surface area contributed by atoms with Crippen LogP contribution < -0.4 is 46.9 Å². The van der Waals surface area contributed by atoms with Gasteiger partial charge in [0, 0.05) is 31.4 Å². The molecule has 0 saturated carbocycles. The monoisotopic (exact) mass is 956 g/mol. The van der Waals surface area contributed by atoms with E-state index < -0.39 is 82.0 Å². The molecule has 19 heteroatoms. The number of carboxylic acids is 1. The van der Waals surface area contributed by atoms with Crippen LogP contribution in [0.5, 0.6) is 11.5 Å². The van der Waals surface area contributed by atoms with Crippen molar-refractivity contribution in [3.05, 3.63) is 100 Å². The Kier molecular flexibility index (Phi) is 16.8. The van der Waals surface area contributed by atoms with Gasteiger partial charge in [0.1, 0.15) is 40.8 Å². The molecule has 3 atom stereocenters. The summed E-state index contributed by atoms with van der Waals surface area (Å²) in [5.74, 6) is -3.31. The maximum Gasteiger partial charge on any atom is 0.326 e. The fourth-order valence-corrected chi connectivity index (χ4v) is 9.51. The van der Waals surface area contributed by atoms with E-state index in [1.54, 1.807) is 44.2 Å². The van der Waals surface area contributed by atoms with Crippen LogP contribution in [-0.4, -0.2) is 98.0 Å². The molecule has 18 nitrogen and oxygen atoms in total. The van der Waals surface area contributed by atoms with Crippen LogP contribution in [0.3, 0.4) is 0 Å². The standard InChI is InChI=1S/C49H64N8O10S/c1-28-29(2)43(30(3)36-25-49(7,8)67-42(28)36)68(64,65)57-47(51)52-21-11-14-37(54-40(58)26-50)45(61)56-38(24-32-15-18-33-12-9-10-13-34(33)22-32)44(60)53-27-41(59)55-39(46(62)63)23-31-16-19-35(20-17-31)66-48(4,5)6/h9-10,12-13,15-20,22,37-39H,11,14,21,23-27,50H2,1-8H3,(H,53,60)(H,54,58)(H,55,59)(H,56,61)(H,62,63)(H3,51,52,57)/t37-,38-,39+/m0/s1. The molecule has 0 saturated heterocycles. The van der Waals surface area contributed by atoms with Gasteiger partial charge in [-0.3, -0.25) is 24.2 Å². The van der Waals surface area contributed by atoms with Crippen molar-refractivity contribution >= 4 is 56.4 Å². The van der Waals surface area contributed by atoms with Crippen molar-refractivity contribution in [3.63, 3.8) is 0 Å². The van der Waals surface area contributed by atoms with E-state index in [4.69, 9.17) is 20.9 Å². The third-order valence-electron chi connectivity index (χ3n) is 11.3. The fraction of sp³-hybridized carbons (Fsp3) is 0.429. The second kappa shape index (κ2) is 21.9. The molecule has 4 amide bonds. The summed E-state index contributed by atoms with van der Waals surface area (Å²) in [5.41, 5.74) is 14.7. The number of fused-ring (bicyclic) bond motifs is 2. The molecule has 1 heterocycles. The lowest BCUT2D eigenvalue weighted by molar-refractivity contribution is -0.141. The topological polar surface area (TPSA) is 283 Å². The number of carbonyl (C=O) groups excluding carboxylic acids is 4. The van der Waals surface area contributed by atoms with E-state index in [1.807, 2.05) is 77.9 Å². The maximum absolute atomic E-state index is 14.0. The Morgan fingerprint density at radius 2 is 1.46 bits per heavy atom. The molecule has 0 radical (unpaired) electrons. The first kappa shape index (κ1) is 52.2. The minimum Gasteiger partial charge on any atom is -0.488 e. The molecule has 0 unspecified atom stereocenters. The number of nitrogens with one attached hydrogen (secondary N) is 5. The molecule has 5 rings (SSSR count). The van der Waals surface area contributed by atoms with Gasteiger partial charge in [0.15, 0.2) is 0 Å². The van der Waals surface area contributed by atoms with Crippen molar-refractivity contribution in [2.75, 3.05) is 19.6 Å². The van der Waals surface area contributed by atoms with E-state index in [2.05, 4.69) is 31.0 Å². The van der Waals surface area contributed by atoms with E-state index in [1.165, 1.54) is 0 Å². The molecule has 0 aromatic heterocycles. The third-order valence-corrected chi connectivity index (χ3v) is 12.9. The minimum absolute atomic E-state index is 0.0191. The predicted octanol–water partition coefficient (Wildman–Crippen LogP) is 3.13. The summed E-state index contributed by atoms with van der Waals surface area (Å²) < 4.78 is 41.7. The Bertz CT molecular complexity index is 2680. The third kappa shape index (κ3) is 14.1. The van der Waals surface area contributed by atoms with Crippen molar-refractivity contribution in [3.8, 4) is 11.5 Å². The number of rotatable bonds is 20. The highest BCUT2D eigenvalue weighted by Crippen LogP contribution is 2.43. The molecule has 4 aromatic carbocycles. The van der Waals surface area contributed by atoms with Crippen LogP contribution in [0.2, 0.25) is 0 Å². The largest absolute Gasteiger partial charge is 0.488 e. The Morgan fingerprint density at radius 1 is 0.824 bits per heavy atom. The zero-order valence-corrected chi connectivity index (χ0v) is 40.7. The van der Waals surface area contributed by atoms with Crippen LogP contribution in [0.15, 0.2) is 76.6 Å². The van der Waals surface area contributed by atoms with Gasteiger partial charge in [-0.2, -0.15) is 0 Å². The van der Waals surface area contributed by atoms with E-state index >= 15 is 0 Å².